The molecular weight excluding hydrogens is 192 g/mol. The quantitative estimate of drug-likeness (QED) is 0.521. The molecule has 2 atom stereocenters. The highest BCUT2D eigenvalue weighted by atomic mass is 16.3. The van der Waals surface area contributed by atoms with Crippen LogP contribution >= 0.6 is 0 Å². The summed E-state index contributed by atoms with van der Waals surface area (Å²) in [6, 6.07) is -0.370. The zero-order valence-electron chi connectivity index (χ0n) is 9.83. The lowest BCUT2D eigenvalue weighted by molar-refractivity contribution is -0.122. The number of aliphatic hydroxyl groups is 1. The Hall–Kier alpha value is -0.610. The van der Waals surface area contributed by atoms with Gasteiger partial charge in [0.05, 0.1) is 6.04 Å². The predicted octanol–water partition coefficient (Wildman–Crippen LogP) is 0.639. The van der Waals surface area contributed by atoms with E-state index in [1.165, 1.54) is 0 Å². The van der Waals surface area contributed by atoms with Crippen LogP contribution in [0, 0.1) is 5.92 Å². The lowest BCUT2D eigenvalue weighted by atomic mass is 10.1. The van der Waals surface area contributed by atoms with Gasteiger partial charge >= 0.3 is 0 Å². The van der Waals surface area contributed by atoms with Crippen LogP contribution in [0.2, 0.25) is 0 Å². The van der Waals surface area contributed by atoms with Gasteiger partial charge in [-0.3, -0.25) is 4.79 Å². The van der Waals surface area contributed by atoms with Gasteiger partial charge in [-0.1, -0.05) is 20.3 Å². The van der Waals surface area contributed by atoms with Crippen molar-refractivity contribution in [3.8, 4) is 0 Å². The van der Waals surface area contributed by atoms with Crippen LogP contribution in [-0.2, 0) is 4.79 Å². The van der Waals surface area contributed by atoms with Crippen molar-refractivity contribution in [2.75, 3.05) is 13.2 Å². The zero-order chi connectivity index (χ0) is 11.7. The molecule has 0 aliphatic carbocycles. The molecular formula is C11H24N2O2. The molecule has 0 aliphatic heterocycles. The number of aliphatic hydroxyl groups excluding tert-OH is 1. The summed E-state index contributed by atoms with van der Waals surface area (Å²) in [7, 11) is 0. The van der Waals surface area contributed by atoms with Gasteiger partial charge in [-0.2, -0.15) is 0 Å². The van der Waals surface area contributed by atoms with Crippen LogP contribution in [0.5, 0.6) is 0 Å². The van der Waals surface area contributed by atoms with Gasteiger partial charge in [0.2, 0.25) is 5.91 Å². The molecule has 0 heterocycles. The van der Waals surface area contributed by atoms with E-state index < -0.39 is 0 Å². The highest BCUT2D eigenvalue weighted by molar-refractivity contribution is 5.81. The number of hydrogen-bond donors (Lipinski definition) is 3. The monoisotopic (exact) mass is 216 g/mol. The van der Waals surface area contributed by atoms with Gasteiger partial charge in [0.25, 0.3) is 0 Å². The summed E-state index contributed by atoms with van der Waals surface area (Å²) in [5.74, 6) is 0.250. The van der Waals surface area contributed by atoms with Gasteiger partial charge in [-0.25, -0.2) is 0 Å². The summed E-state index contributed by atoms with van der Waals surface area (Å²) in [5, 5.41) is 11.6. The van der Waals surface area contributed by atoms with Crippen molar-refractivity contribution in [2.45, 2.75) is 45.6 Å². The van der Waals surface area contributed by atoms with Crippen LogP contribution in [-0.4, -0.2) is 30.2 Å². The minimum atomic E-state index is -0.370. The SMILES string of the molecule is CCC[C@@H](N)C(=O)NCCCC(C)CO. The Balaban J connectivity index is 3.46. The first-order valence-corrected chi connectivity index (χ1v) is 5.76. The Labute approximate surface area is 92.2 Å². The Morgan fingerprint density at radius 2 is 2.13 bits per heavy atom. The summed E-state index contributed by atoms with van der Waals surface area (Å²) < 4.78 is 0. The highest BCUT2D eigenvalue weighted by Crippen LogP contribution is 2.02. The van der Waals surface area contributed by atoms with Crippen molar-refractivity contribution in [3.05, 3.63) is 0 Å². The maximum Gasteiger partial charge on any atom is 0.236 e. The van der Waals surface area contributed by atoms with Crippen molar-refractivity contribution < 1.29 is 9.90 Å². The van der Waals surface area contributed by atoms with Crippen LogP contribution in [0.25, 0.3) is 0 Å². The van der Waals surface area contributed by atoms with Crippen LogP contribution < -0.4 is 11.1 Å². The summed E-state index contributed by atoms with van der Waals surface area (Å²) >= 11 is 0. The molecule has 4 nitrogen and oxygen atoms in total. The average molecular weight is 216 g/mol. The van der Waals surface area contributed by atoms with E-state index in [9.17, 15) is 4.79 Å². The molecule has 15 heavy (non-hydrogen) atoms. The number of rotatable bonds is 8. The largest absolute Gasteiger partial charge is 0.396 e. The number of amides is 1. The molecule has 0 spiro atoms. The third-order valence-electron chi connectivity index (χ3n) is 2.42. The Bertz CT molecular complexity index is 174. The Morgan fingerprint density at radius 1 is 1.47 bits per heavy atom. The normalized spacial score (nSPS) is 14.7. The van der Waals surface area contributed by atoms with E-state index in [1.807, 2.05) is 13.8 Å². The second-order valence-electron chi connectivity index (χ2n) is 4.12. The van der Waals surface area contributed by atoms with Crippen molar-refractivity contribution in [1.29, 1.82) is 0 Å². The van der Waals surface area contributed by atoms with Crippen LogP contribution in [0.1, 0.15) is 39.5 Å². The number of nitrogens with one attached hydrogen (secondary N) is 1. The molecule has 1 unspecified atom stereocenters. The summed E-state index contributed by atoms with van der Waals surface area (Å²) in [4.78, 5) is 11.4. The van der Waals surface area contributed by atoms with E-state index in [0.29, 0.717) is 12.5 Å². The van der Waals surface area contributed by atoms with Crippen LogP contribution in [0.3, 0.4) is 0 Å². The van der Waals surface area contributed by atoms with Crippen LogP contribution in [0.15, 0.2) is 0 Å². The standard InChI is InChI=1S/C11H24N2O2/c1-3-5-10(12)11(15)13-7-4-6-9(2)8-14/h9-10,14H,3-8,12H2,1-2H3,(H,13,15)/t9?,10-/m1/s1. The molecule has 90 valence electrons. The fraction of sp³-hybridized carbons (Fsp3) is 0.909. The molecule has 1 amide bonds. The second kappa shape index (κ2) is 8.68. The number of carbonyl (C=O) groups excluding carboxylic acids is 1. The maximum absolute atomic E-state index is 11.4. The minimum absolute atomic E-state index is 0.0616. The molecule has 0 aliphatic rings. The van der Waals surface area contributed by atoms with Crippen molar-refractivity contribution in [2.24, 2.45) is 11.7 Å². The lowest BCUT2D eigenvalue weighted by Crippen LogP contribution is -2.40. The van der Waals surface area contributed by atoms with Gasteiger partial charge < -0.3 is 16.2 Å². The minimum Gasteiger partial charge on any atom is -0.396 e. The van der Waals surface area contributed by atoms with E-state index in [-0.39, 0.29) is 18.6 Å². The molecule has 0 aromatic rings. The first kappa shape index (κ1) is 14.4. The average Bonchev–Trinajstić information content (AvgIpc) is 2.23. The molecule has 0 rings (SSSR count). The third-order valence-corrected chi connectivity index (χ3v) is 2.42. The van der Waals surface area contributed by atoms with Gasteiger partial charge in [0.15, 0.2) is 0 Å². The molecule has 0 radical (unpaired) electrons. The zero-order valence-corrected chi connectivity index (χ0v) is 9.83. The van der Waals surface area contributed by atoms with Gasteiger partial charge in [0.1, 0.15) is 0 Å². The highest BCUT2D eigenvalue weighted by Gasteiger charge is 2.10. The molecule has 0 saturated carbocycles. The Morgan fingerprint density at radius 3 is 2.67 bits per heavy atom. The summed E-state index contributed by atoms with van der Waals surface area (Å²) in [5.41, 5.74) is 5.64. The first-order chi connectivity index (χ1) is 7.11. The molecule has 0 aromatic carbocycles. The fourth-order valence-electron chi connectivity index (χ4n) is 1.33. The van der Waals surface area contributed by atoms with Crippen molar-refractivity contribution >= 4 is 5.91 Å². The number of hydrogen-bond acceptors (Lipinski definition) is 3. The fourth-order valence-corrected chi connectivity index (χ4v) is 1.33. The Kier molecular flexibility index (Phi) is 8.33. The summed E-state index contributed by atoms with van der Waals surface area (Å²) in [6.45, 7) is 4.87. The van der Waals surface area contributed by atoms with Gasteiger partial charge in [-0.05, 0) is 25.2 Å². The van der Waals surface area contributed by atoms with E-state index in [2.05, 4.69) is 5.32 Å². The molecule has 4 N–H and O–H groups in total. The van der Waals surface area contributed by atoms with Crippen LogP contribution in [0.4, 0.5) is 0 Å². The van der Waals surface area contributed by atoms with Crippen molar-refractivity contribution in [1.82, 2.24) is 5.32 Å². The molecule has 0 saturated heterocycles. The topological polar surface area (TPSA) is 75.4 Å². The summed E-state index contributed by atoms with van der Waals surface area (Å²) in [6.07, 6.45) is 3.49. The van der Waals surface area contributed by atoms with Gasteiger partial charge in [-0.15, -0.1) is 0 Å². The molecule has 0 fully saturated rings. The second-order valence-corrected chi connectivity index (χ2v) is 4.12. The van der Waals surface area contributed by atoms with E-state index in [0.717, 1.165) is 25.7 Å². The predicted molar refractivity (Wildman–Crippen MR) is 61.4 cm³/mol. The number of nitrogens with two attached hydrogens (primary N) is 1. The van der Waals surface area contributed by atoms with E-state index in [1.54, 1.807) is 0 Å². The van der Waals surface area contributed by atoms with Gasteiger partial charge in [0, 0.05) is 13.2 Å². The lowest BCUT2D eigenvalue weighted by Gasteiger charge is -2.12. The van der Waals surface area contributed by atoms with E-state index in [4.69, 9.17) is 10.8 Å². The molecule has 0 bridgehead atoms. The van der Waals surface area contributed by atoms with Crippen molar-refractivity contribution in [3.63, 3.8) is 0 Å². The molecule has 0 aromatic heterocycles. The molecule has 4 heteroatoms. The maximum atomic E-state index is 11.4. The third kappa shape index (κ3) is 7.33. The first-order valence-electron chi connectivity index (χ1n) is 5.76. The smallest absolute Gasteiger partial charge is 0.236 e. The van der Waals surface area contributed by atoms with E-state index >= 15 is 0 Å². The number of carbonyl (C=O) groups is 1.